The molecule has 0 amide bonds. The third kappa shape index (κ3) is 2.44. The molecule has 0 aliphatic heterocycles. The summed E-state index contributed by atoms with van der Waals surface area (Å²) < 4.78 is 2.46. The minimum absolute atomic E-state index is 0.0729. The first kappa shape index (κ1) is 16.6. The van der Waals surface area contributed by atoms with Crippen LogP contribution in [0.1, 0.15) is 22.3 Å². The minimum Gasteiger partial charge on any atom is -0.307 e. The Morgan fingerprint density at radius 2 is 1.85 bits per heavy atom. The van der Waals surface area contributed by atoms with Crippen LogP contribution in [0.2, 0.25) is 0 Å². The molecule has 7 heteroatoms. The summed E-state index contributed by atoms with van der Waals surface area (Å²) in [5.41, 5.74) is 10.9. The molecule has 0 unspecified atom stereocenters. The number of halogens is 1. The lowest BCUT2D eigenvalue weighted by Crippen LogP contribution is -2.23. The number of nitrogens with zero attached hydrogens (tertiary/aromatic N) is 4. The van der Waals surface area contributed by atoms with Crippen LogP contribution in [-0.4, -0.2) is 16.9 Å². The Morgan fingerprint density at radius 3 is 2.62 bits per heavy atom. The number of azide groups is 1. The van der Waals surface area contributed by atoms with E-state index in [1.54, 1.807) is 22.8 Å². The highest BCUT2D eigenvalue weighted by molar-refractivity contribution is 9.10. The van der Waals surface area contributed by atoms with Crippen LogP contribution in [-0.2, 0) is 6.54 Å². The van der Waals surface area contributed by atoms with Crippen molar-refractivity contribution >= 4 is 32.5 Å². The monoisotopic (exact) mass is 408 g/mol. The quantitative estimate of drug-likeness (QED) is 0.212. The van der Waals surface area contributed by atoms with Gasteiger partial charge in [0.2, 0.25) is 0 Å². The number of carbonyl (C=O) groups excluding carboxylic acids is 1. The molecule has 0 radical (unpaired) electrons. The van der Waals surface area contributed by atoms with E-state index in [0.29, 0.717) is 47.1 Å². The lowest BCUT2D eigenvalue weighted by atomic mass is 10.0. The summed E-state index contributed by atoms with van der Waals surface area (Å²) in [5.74, 6) is -0.0729. The Balaban J connectivity index is 2.03. The number of pyridine rings is 1. The average Bonchev–Trinajstić information content (AvgIpc) is 2.93. The maximum atomic E-state index is 13.1. The van der Waals surface area contributed by atoms with Gasteiger partial charge in [-0.05, 0) is 30.2 Å². The van der Waals surface area contributed by atoms with Crippen LogP contribution in [0.25, 0.3) is 32.5 Å². The van der Waals surface area contributed by atoms with Crippen molar-refractivity contribution in [1.29, 1.82) is 0 Å². The Morgan fingerprint density at radius 1 is 1.08 bits per heavy atom. The number of hydrogen-bond acceptors (Lipinski definition) is 3. The summed E-state index contributed by atoms with van der Waals surface area (Å²) in [4.78, 5) is 28.9. The lowest BCUT2D eigenvalue weighted by molar-refractivity contribution is 0.104. The first-order valence-electron chi connectivity index (χ1n) is 8.14. The Labute approximate surface area is 156 Å². The second kappa shape index (κ2) is 6.44. The molecule has 0 fully saturated rings. The number of benzene rings is 2. The molecule has 6 nitrogen and oxygen atoms in total. The first-order valence-corrected chi connectivity index (χ1v) is 8.94. The largest absolute Gasteiger partial charge is 0.307 e. The van der Waals surface area contributed by atoms with Crippen LogP contribution >= 0.6 is 15.9 Å². The van der Waals surface area contributed by atoms with Gasteiger partial charge < -0.3 is 4.57 Å². The molecule has 0 saturated heterocycles. The fourth-order valence-electron chi connectivity index (χ4n) is 3.51. The number of fused-ring (bicyclic) bond motifs is 5. The average molecular weight is 409 g/mol. The van der Waals surface area contributed by atoms with Gasteiger partial charge in [0, 0.05) is 44.4 Å². The highest BCUT2D eigenvalue weighted by atomic mass is 79.9. The number of carbonyl (C=O) groups is 1. The highest BCUT2D eigenvalue weighted by Crippen LogP contribution is 2.40. The zero-order valence-corrected chi connectivity index (χ0v) is 15.2. The molecule has 0 atom stereocenters. The molecule has 1 aliphatic rings. The number of ketones is 1. The van der Waals surface area contributed by atoms with Gasteiger partial charge in [-0.1, -0.05) is 45.3 Å². The van der Waals surface area contributed by atoms with Gasteiger partial charge in [-0.2, -0.15) is 0 Å². The molecular formula is C19H13BrN4O2. The summed E-state index contributed by atoms with van der Waals surface area (Å²) in [5, 5.41) is 4.74. The molecular weight excluding hydrogens is 396 g/mol. The molecule has 128 valence electrons. The van der Waals surface area contributed by atoms with Crippen LogP contribution in [0.15, 0.2) is 56.8 Å². The summed E-state index contributed by atoms with van der Waals surface area (Å²) in [6.45, 7) is 0.680. The van der Waals surface area contributed by atoms with Gasteiger partial charge >= 0.3 is 0 Å². The molecule has 0 saturated carbocycles. The minimum atomic E-state index is -0.135. The van der Waals surface area contributed by atoms with Crippen molar-refractivity contribution in [3.63, 3.8) is 0 Å². The Kier molecular flexibility index (Phi) is 4.11. The Bertz CT molecular complexity index is 1180. The van der Waals surface area contributed by atoms with Gasteiger partial charge in [0.05, 0.1) is 11.3 Å². The molecule has 2 aromatic carbocycles. The van der Waals surface area contributed by atoms with Crippen molar-refractivity contribution in [3.8, 4) is 11.3 Å². The molecule has 0 N–H and O–H groups in total. The molecule has 1 aliphatic carbocycles. The number of rotatable bonds is 4. The molecule has 0 bridgehead atoms. The van der Waals surface area contributed by atoms with E-state index in [2.05, 4.69) is 26.0 Å². The van der Waals surface area contributed by atoms with E-state index in [1.807, 2.05) is 24.3 Å². The van der Waals surface area contributed by atoms with Crippen LogP contribution in [0.3, 0.4) is 0 Å². The van der Waals surface area contributed by atoms with E-state index in [-0.39, 0.29) is 11.3 Å². The van der Waals surface area contributed by atoms with Crippen molar-refractivity contribution in [2.75, 3.05) is 6.54 Å². The summed E-state index contributed by atoms with van der Waals surface area (Å²) in [7, 11) is 0. The smallest absolute Gasteiger partial charge is 0.258 e. The second-order valence-corrected chi connectivity index (χ2v) is 6.97. The predicted molar refractivity (Wildman–Crippen MR) is 103 cm³/mol. The number of aromatic nitrogens is 1. The van der Waals surface area contributed by atoms with Crippen LogP contribution in [0.5, 0.6) is 0 Å². The van der Waals surface area contributed by atoms with Gasteiger partial charge in [0.25, 0.3) is 5.56 Å². The van der Waals surface area contributed by atoms with Crippen LogP contribution in [0.4, 0.5) is 0 Å². The van der Waals surface area contributed by atoms with E-state index in [1.165, 1.54) is 0 Å². The van der Waals surface area contributed by atoms with E-state index in [0.717, 1.165) is 10.0 Å². The Hall–Kier alpha value is -2.89. The van der Waals surface area contributed by atoms with Crippen molar-refractivity contribution < 1.29 is 4.79 Å². The van der Waals surface area contributed by atoms with E-state index in [9.17, 15) is 9.59 Å². The zero-order chi connectivity index (χ0) is 18.3. The second-order valence-electron chi connectivity index (χ2n) is 6.05. The SMILES string of the molecule is [N-]=[N+]=NCCCn1c2c(c3ccccc3c1=O)C(=O)c1cc(Br)ccc1-2. The molecule has 3 aromatic rings. The molecule has 0 spiro atoms. The van der Waals surface area contributed by atoms with Crippen LogP contribution < -0.4 is 5.56 Å². The number of hydrogen-bond donors (Lipinski definition) is 0. The summed E-state index contributed by atoms with van der Waals surface area (Å²) in [6.07, 6.45) is 0.523. The lowest BCUT2D eigenvalue weighted by Gasteiger charge is -2.14. The van der Waals surface area contributed by atoms with Crippen molar-refractivity contribution in [2.24, 2.45) is 5.11 Å². The molecule has 26 heavy (non-hydrogen) atoms. The zero-order valence-electron chi connectivity index (χ0n) is 13.6. The fourth-order valence-corrected chi connectivity index (χ4v) is 3.87. The van der Waals surface area contributed by atoms with E-state index in [4.69, 9.17) is 5.53 Å². The fraction of sp³-hybridized carbons (Fsp3) is 0.158. The summed E-state index contributed by atoms with van der Waals surface area (Å²) >= 11 is 3.41. The standard InChI is InChI=1S/C19H13BrN4O2/c20-11-6-7-13-15(10-11)18(25)16-12-4-1-2-5-14(12)19(26)24(17(13)16)9-3-8-22-23-21/h1-2,4-7,10H,3,8-9H2. The van der Waals surface area contributed by atoms with Gasteiger partial charge in [-0.25, -0.2) is 0 Å². The summed E-state index contributed by atoms with van der Waals surface area (Å²) in [6, 6.07) is 12.7. The van der Waals surface area contributed by atoms with Gasteiger partial charge in [-0.15, -0.1) is 0 Å². The molecule has 4 rings (SSSR count). The third-order valence-corrected chi connectivity index (χ3v) is 5.08. The van der Waals surface area contributed by atoms with E-state index < -0.39 is 0 Å². The topological polar surface area (TPSA) is 87.8 Å². The van der Waals surface area contributed by atoms with Gasteiger partial charge in [0.1, 0.15) is 0 Å². The molecule has 1 aromatic heterocycles. The normalized spacial score (nSPS) is 12.0. The maximum absolute atomic E-state index is 13.1. The van der Waals surface area contributed by atoms with Gasteiger partial charge in [0.15, 0.2) is 5.78 Å². The van der Waals surface area contributed by atoms with Crippen molar-refractivity contribution in [1.82, 2.24) is 4.57 Å². The van der Waals surface area contributed by atoms with Crippen LogP contribution in [0, 0.1) is 0 Å². The maximum Gasteiger partial charge on any atom is 0.258 e. The highest BCUT2D eigenvalue weighted by Gasteiger charge is 2.32. The first-order chi connectivity index (χ1) is 12.6. The van der Waals surface area contributed by atoms with Gasteiger partial charge in [-0.3, -0.25) is 9.59 Å². The van der Waals surface area contributed by atoms with E-state index >= 15 is 0 Å². The van der Waals surface area contributed by atoms with Crippen molar-refractivity contribution in [2.45, 2.75) is 13.0 Å². The van der Waals surface area contributed by atoms with Crippen molar-refractivity contribution in [3.05, 3.63) is 78.9 Å². The third-order valence-electron chi connectivity index (χ3n) is 4.59. The predicted octanol–water partition coefficient (Wildman–Crippen LogP) is 4.68. The molecule has 1 heterocycles.